The number of nitrogens with zero attached hydrogens (tertiary/aromatic N) is 1. The van der Waals surface area contributed by atoms with Crippen LogP contribution in [0.25, 0.3) is 0 Å². The molecule has 1 N–H and O–H groups in total. The van der Waals surface area contributed by atoms with Crippen LogP contribution in [-0.4, -0.2) is 48.0 Å². The molecule has 3 nitrogen and oxygen atoms in total. The normalized spacial score (nSPS) is 20.1. The molecule has 0 aromatic carbocycles. The summed E-state index contributed by atoms with van der Waals surface area (Å²) in [6.07, 6.45) is 8.17. The van der Waals surface area contributed by atoms with Gasteiger partial charge in [0.2, 0.25) is 5.91 Å². The fourth-order valence-electron chi connectivity index (χ4n) is 2.42. The summed E-state index contributed by atoms with van der Waals surface area (Å²) in [6.45, 7) is 6.09. The van der Waals surface area contributed by atoms with Gasteiger partial charge in [0.15, 0.2) is 0 Å². The number of amides is 1. The van der Waals surface area contributed by atoms with E-state index in [2.05, 4.69) is 25.4 Å². The van der Waals surface area contributed by atoms with Crippen LogP contribution in [0, 0.1) is 0 Å². The molecule has 1 amide bonds. The van der Waals surface area contributed by atoms with Crippen molar-refractivity contribution < 1.29 is 4.79 Å². The first-order chi connectivity index (χ1) is 8.65. The largest absolute Gasteiger partial charge is 0.341 e. The molecule has 0 aromatic heterocycles. The zero-order valence-corrected chi connectivity index (χ0v) is 12.9. The standard InChI is InChI=1S/C14H28N2OS/c1-12(2)15-13-8-10-16(14(13)17)9-6-4-5-7-11-18-3/h12-13,15H,4-11H2,1-3H3. The molecule has 1 aliphatic heterocycles. The first-order valence-corrected chi connectivity index (χ1v) is 8.58. The van der Waals surface area contributed by atoms with Crippen LogP contribution in [0.1, 0.15) is 46.0 Å². The average Bonchev–Trinajstić information content (AvgIpc) is 2.65. The van der Waals surface area contributed by atoms with E-state index in [1.54, 1.807) is 0 Å². The molecule has 1 fully saturated rings. The molecule has 0 bridgehead atoms. The van der Waals surface area contributed by atoms with E-state index in [4.69, 9.17) is 0 Å². The molecule has 1 rings (SSSR count). The third-order valence-electron chi connectivity index (χ3n) is 3.36. The van der Waals surface area contributed by atoms with Gasteiger partial charge in [-0.25, -0.2) is 0 Å². The van der Waals surface area contributed by atoms with Gasteiger partial charge in [-0.15, -0.1) is 0 Å². The number of unbranched alkanes of at least 4 members (excludes halogenated alkanes) is 3. The van der Waals surface area contributed by atoms with E-state index < -0.39 is 0 Å². The van der Waals surface area contributed by atoms with Crippen LogP contribution in [0.15, 0.2) is 0 Å². The second-order valence-electron chi connectivity index (χ2n) is 5.39. The molecule has 0 aliphatic carbocycles. The Morgan fingerprint density at radius 1 is 1.33 bits per heavy atom. The summed E-state index contributed by atoms with van der Waals surface area (Å²) in [5.41, 5.74) is 0. The van der Waals surface area contributed by atoms with E-state index in [1.807, 2.05) is 16.7 Å². The van der Waals surface area contributed by atoms with Crippen LogP contribution in [0.2, 0.25) is 0 Å². The van der Waals surface area contributed by atoms with Gasteiger partial charge in [0.05, 0.1) is 6.04 Å². The summed E-state index contributed by atoms with van der Waals surface area (Å²) in [5.74, 6) is 1.58. The van der Waals surface area contributed by atoms with Gasteiger partial charge in [0.25, 0.3) is 0 Å². The summed E-state index contributed by atoms with van der Waals surface area (Å²) in [4.78, 5) is 14.1. The Morgan fingerprint density at radius 2 is 2.06 bits per heavy atom. The van der Waals surface area contributed by atoms with E-state index in [9.17, 15) is 4.79 Å². The highest BCUT2D eigenvalue weighted by Gasteiger charge is 2.30. The SMILES string of the molecule is CSCCCCCCN1CCC(NC(C)C)C1=O. The van der Waals surface area contributed by atoms with Crippen LogP contribution in [-0.2, 0) is 4.79 Å². The van der Waals surface area contributed by atoms with Crippen molar-refractivity contribution in [1.29, 1.82) is 0 Å². The minimum Gasteiger partial charge on any atom is -0.341 e. The zero-order valence-electron chi connectivity index (χ0n) is 12.1. The van der Waals surface area contributed by atoms with E-state index in [0.717, 1.165) is 25.9 Å². The first kappa shape index (κ1) is 15.8. The average molecular weight is 272 g/mol. The lowest BCUT2D eigenvalue weighted by atomic mass is 10.2. The molecule has 1 unspecified atom stereocenters. The van der Waals surface area contributed by atoms with Crippen molar-refractivity contribution in [3.8, 4) is 0 Å². The lowest BCUT2D eigenvalue weighted by molar-refractivity contribution is -0.129. The fraction of sp³-hybridized carbons (Fsp3) is 0.929. The molecule has 4 heteroatoms. The van der Waals surface area contributed by atoms with Gasteiger partial charge in [-0.05, 0) is 31.3 Å². The van der Waals surface area contributed by atoms with E-state index in [-0.39, 0.29) is 6.04 Å². The minimum atomic E-state index is 0.0708. The fourth-order valence-corrected chi connectivity index (χ4v) is 2.91. The van der Waals surface area contributed by atoms with Gasteiger partial charge >= 0.3 is 0 Å². The van der Waals surface area contributed by atoms with Crippen molar-refractivity contribution in [2.45, 2.75) is 58.0 Å². The van der Waals surface area contributed by atoms with Crippen molar-refractivity contribution >= 4 is 17.7 Å². The van der Waals surface area contributed by atoms with Crippen LogP contribution in [0.4, 0.5) is 0 Å². The van der Waals surface area contributed by atoms with Gasteiger partial charge in [0, 0.05) is 19.1 Å². The van der Waals surface area contributed by atoms with Crippen LogP contribution in [0.5, 0.6) is 0 Å². The number of carbonyl (C=O) groups excluding carboxylic acids is 1. The second-order valence-corrected chi connectivity index (χ2v) is 6.38. The zero-order chi connectivity index (χ0) is 13.4. The molecular weight excluding hydrogens is 244 g/mol. The van der Waals surface area contributed by atoms with Crippen molar-refractivity contribution in [2.75, 3.05) is 25.1 Å². The summed E-state index contributed by atoms with van der Waals surface area (Å²) in [5, 5.41) is 3.35. The van der Waals surface area contributed by atoms with Crippen molar-refractivity contribution in [3.05, 3.63) is 0 Å². The predicted molar refractivity (Wildman–Crippen MR) is 80.1 cm³/mol. The van der Waals surface area contributed by atoms with Crippen LogP contribution in [0.3, 0.4) is 0 Å². The lowest BCUT2D eigenvalue weighted by Gasteiger charge is -2.18. The maximum atomic E-state index is 12.1. The minimum absolute atomic E-state index is 0.0708. The monoisotopic (exact) mass is 272 g/mol. The summed E-state index contributed by atoms with van der Waals surface area (Å²) in [7, 11) is 0. The topological polar surface area (TPSA) is 32.3 Å². The molecule has 18 heavy (non-hydrogen) atoms. The molecule has 1 heterocycles. The first-order valence-electron chi connectivity index (χ1n) is 7.19. The number of carbonyl (C=O) groups is 1. The third-order valence-corrected chi connectivity index (χ3v) is 4.06. The van der Waals surface area contributed by atoms with Crippen molar-refractivity contribution in [1.82, 2.24) is 10.2 Å². The Morgan fingerprint density at radius 3 is 2.72 bits per heavy atom. The number of rotatable bonds is 9. The second kappa shape index (κ2) is 8.81. The molecular formula is C14H28N2OS. The van der Waals surface area contributed by atoms with Gasteiger partial charge in [-0.1, -0.05) is 26.7 Å². The van der Waals surface area contributed by atoms with Crippen LogP contribution >= 0.6 is 11.8 Å². The summed E-state index contributed by atoms with van der Waals surface area (Å²) in [6, 6.07) is 0.465. The molecule has 0 radical (unpaired) electrons. The number of thioether (sulfide) groups is 1. The highest BCUT2D eigenvalue weighted by molar-refractivity contribution is 7.98. The Balaban J connectivity index is 2.11. The van der Waals surface area contributed by atoms with Crippen molar-refractivity contribution in [2.24, 2.45) is 0 Å². The number of likely N-dealkylation sites (tertiary alicyclic amines) is 1. The van der Waals surface area contributed by atoms with Gasteiger partial charge in [-0.2, -0.15) is 11.8 Å². The summed E-state index contributed by atoms with van der Waals surface area (Å²) >= 11 is 1.92. The molecule has 106 valence electrons. The maximum absolute atomic E-state index is 12.1. The Hall–Kier alpha value is -0.220. The highest BCUT2D eigenvalue weighted by Crippen LogP contribution is 2.13. The molecule has 0 aromatic rings. The predicted octanol–water partition coefficient (Wildman–Crippen LogP) is 2.51. The Kier molecular flexibility index (Phi) is 7.75. The summed E-state index contributed by atoms with van der Waals surface area (Å²) < 4.78 is 0. The lowest BCUT2D eigenvalue weighted by Crippen LogP contribution is -2.41. The Bertz CT molecular complexity index is 246. The van der Waals surface area contributed by atoms with Crippen molar-refractivity contribution in [3.63, 3.8) is 0 Å². The van der Waals surface area contributed by atoms with E-state index >= 15 is 0 Å². The molecule has 0 spiro atoms. The molecule has 1 atom stereocenters. The maximum Gasteiger partial charge on any atom is 0.239 e. The molecule has 1 aliphatic rings. The molecule has 0 saturated carbocycles. The quantitative estimate of drug-likeness (QED) is 0.655. The van der Waals surface area contributed by atoms with Crippen LogP contribution < -0.4 is 5.32 Å². The number of hydrogen-bond acceptors (Lipinski definition) is 3. The number of hydrogen-bond donors (Lipinski definition) is 1. The Labute approximate surface area is 116 Å². The van der Waals surface area contributed by atoms with E-state index in [0.29, 0.717) is 11.9 Å². The van der Waals surface area contributed by atoms with E-state index in [1.165, 1.54) is 25.0 Å². The van der Waals surface area contributed by atoms with Gasteiger partial charge in [-0.3, -0.25) is 4.79 Å². The van der Waals surface area contributed by atoms with Gasteiger partial charge in [0.1, 0.15) is 0 Å². The third kappa shape index (κ3) is 5.61. The highest BCUT2D eigenvalue weighted by atomic mass is 32.2. The number of nitrogens with one attached hydrogen (secondary N) is 1. The molecule has 1 saturated heterocycles. The smallest absolute Gasteiger partial charge is 0.239 e. The van der Waals surface area contributed by atoms with Gasteiger partial charge < -0.3 is 10.2 Å².